The van der Waals surface area contributed by atoms with Crippen LogP contribution in [0.5, 0.6) is 0 Å². The maximum atomic E-state index is 13.3. The molecule has 2 aromatic rings. The van der Waals surface area contributed by atoms with Gasteiger partial charge in [-0.05, 0) is 48.7 Å². The van der Waals surface area contributed by atoms with Gasteiger partial charge < -0.3 is 14.5 Å². The first-order valence-electron chi connectivity index (χ1n) is 9.71. The smallest absolute Gasteiger partial charge is 0.254 e. The summed E-state index contributed by atoms with van der Waals surface area (Å²) in [4.78, 5) is 17.2. The van der Waals surface area contributed by atoms with Gasteiger partial charge in [-0.3, -0.25) is 4.79 Å². The number of nitrogens with zero attached hydrogens (tertiary/aromatic N) is 2. The number of sulfone groups is 1. The van der Waals surface area contributed by atoms with Crippen LogP contribution in [0, 0.1) is 0 Å². The first-order chi connectivity index (χ1) is 13.7. The molecule has 0 unspecified atom stereocenters. The van der Waals surface area contributed by atoms with Crippen molar-refractivity contribution >= 4 is 21.4 Å². The summed E-state index contributed by atoms with van der Waals surface area (Å²) in [5.74, 6) is -0.192. The highest BCUT2D eigenvalue weighted by atomic mass is 32.2. The van der Waals surface area contributed by atoms with E-state index in [1.807, 2.05) is 43.3 Å². The lowest BCUT2D eigenvalue weighted by atomic mass is 10.1. The fourth-order valence-electron chi connectivity index (χ4n) is 3.42. The molecule has 3 rings (SSSR count). The molecule has 1 saturated heterocycles. The van der Waals surface area contributed by atoms with Crippen LogP contribution >= 0.6 is 0 Å². The third-order valence-corrected chi connectivity index (χ3v) is 6.18. The third kappa shape index (κ3) is 5.58. The SMILES string of the molecule is CN(C)c1ccc(CN(C[C@H]2CCCO2)C(=O)c2cccc(S(C)(=O)=O)c2)cc1. The normalized spacial score (nSPS) is 16.6. The molecule has 0 radical (unpaired) electrons. The summed E-state index contributed by atoms with van der Waals surface area (Å²) in [6.07, 6.45) is 3.08. The molecule has 29 heavy (non-hydrogen) atoms. The predicted octanol–water partition coefficient (Wildman–Crippen LogP) is 2.98. The highest BCUT2D eigenvalue weighted by Gasteiger charge is 2.24. The van der Waals surface area contributed by atoms with Crippen LogP contribution in [0.1, 0.15) is 28.8 Å². The fourth-order valence-corrected chi connectivity index (χ4v) is 4.08. The Bertz CT molecular complexity index is 949. The van der Waals surface area contributed by atoms with Crippen molar-refractivity contribution in [2.24, 2.45) is 0 Å². The van der Waals surface area contributed by atoms with E-state index in [0.717, 1.165) is 30.3 Å². The van der Waals surface area contributed by atoms with Gasteiger partial charge in [0.25, 0.3) is 5.91 Å². The molecule has 1 fully saturated rings. The lowest BCUT2D eigenvalue weighted by Gasteiger charge is -2.26. The molecule has 156 valence electrons. The Morgan fingerprint density at radius 3 is 2.45 bits per heavy atom. The van der Waals surface area contributed by atoms with Gasteiger partial charge in [-0.15, -0.1) is 0 Å². The van der Waals surface area contributed by atoms with E-state index in [9.17, 15) is 13.2 Å². The summed E-state index contributed by atoms with van der Waals surface area (Å²) in [5, 5.41) is 0. The third-order valence-electron chi connectivity index (χ3n) is 5.07. The molecular weight excluding hydrogens is 388 g/mol. The van der Waals surface area contributed by atoms with Gasteiger partial charge in [-0.25, -0.2) is 8.42 Å². The Kier molecular flexibility index (Phi) is 6.59. The van der Waals surface area contributed by atoms with E-state index in [4.69, 9.17) is 4.74 Å². The van der Waals surface area contributed by atoms with Gasteiger partial charge >= 0.3 is 0 Å². The number of anilines is 1. The largest absolute Gasteiger partial charge is 0.378 e. The standard InChI is InChI=1S/C22H28N2O4S/c1-23(2)19-11-9-17(10-12-19)15-24(16-20-7-5-13-28-20)22(25)18-6-4-8-21(14-18)29(3,26)27/h4,6,8-12,14,20H,5,7,13,15-16H2,1-3H3/t20-/m1/s1. The molecule has 1 atom stereocenters. The summed E-state index contributed by atoms with van der Waals surface area (Å²) < 4.78 is 29.5. The monoisotopic (exact) mass is 416 g/mol. The minimum Gasteiger partial charge on any atom is -0.378 e. The van der Waals surface area contributed by atoms with Crippen LogP contribution in [0.15, 0.2) is 53.4 Å². The van der Waals surface area contributed by atoms with Crippen molar-refractivity contribution in [1.82, 2.24) is 4.90 Å². The second-order valence-electron chi connectivity index (χ2n) is 7.68. The van der Waals surface area contributed by atoms with E-state index >= 15 is 0 Å². The van der Waals surface area contributed by atoms with E-state index in [2.05, 4.69) is 0 Å². The van der Waals surface area contributed by atoms with E-state index in [0.29, 0.717) is 25.3 Å². The van der Waals surface area contributed by atoms with Gasteiger partial charge in [-0.1, -0.05) is 18.2 Å². The Hall–Kier alpha value is -2.38. The zero-order valence-electron chi connectivity index (χ0n) is 17.2. The van der Waals surface area contributed by atoms with Crippen molar-refractivity contribution in [3.63, 3.8) is 0 Å². The van der Waals surface area contributed by atoms with Crippen LogP contribution in [-0.4, -0.2) is 58.8 Å². The van der Waals surface area contributed by atoms with Crippen LogP contribution in [-0.2, 0) is 21.1 Å². The first kappa shape index (κ1) is 21.3. The lowest BCUT2D eigenvalue weighted by Crippen LogP contribution is -2.37. The molecular formula is C22H28N2O4S. The number of carbonyl (C=O) groups is 1. The highest BCUT2D eigenvalue weighted by Crippen LogP contribution is 2.20. The number of carbonyl (C=O) groups excluding carboxylic acids is 1. The van der Waals surface area contributed by atoms with Gasteiger partial charge in [-0.2, -0.15) is 0 Å². The molecule has 0 bridgehead atoms. The molecule has 6 nitrogen and oxygen atoms in total. The maximum Gasteiger partial charge on any atom is 0.254 e. The number of hydrogen-bond donors (Lipinski definition) is 0. The van der Waals surface area contributed by atoms with Gasteiger partial charge in [0.15, 0.2) is 9.84 Å². The number of benzene rings is 2. The van der Waals surface area contributed by atoms with Crippen molar-refractivity contribution in [1.29, 1.82) is 0 Å². The van der Waals surface area contributed by atoms with Crippen LogP contribution in [0.3, 0.4) is 0 Å². The van der Waals surface area contributed by atoms with Crippen molar-refractivity contribution in [3.05, 3.63) is 59.7 Å². The first-order valence-corrected chi connectivity index (χ1v) is 11.6. The van der Waals surface area contributed by atoms with Crippen molar-refractivity contribution in [2.75, 3.05) is 38.4 Å². The average Bonchev–Trinajstić information content (AvgIpc) is 3.20. The van der Waals surface area contributed by atoms with Gasteiger partial charge in [0, 0.05) is 51.3 Å². The van der Waals surface area contributed by atoms with Gasteiger partial charge in [0.05, 0.1) is 11.0 Å². The number of ether oxygens (including phenoxy) is 1. The number of rotatable bonds is 7. The molecule has 2 aromatic carbocycles. The Labute approximate surface area is 173 Å². The molecule has 0 aliphatic carbocycles. The van der Waals surface area contributed by atoms with Crippen LogP contribution in [0.2, 0.25) is 0 Å². The molecule has 0 aromatic heterocycles. The summed E-state index contributed by atoms with van der Waals surface area (Å²) in [6, 6.07) is 14.3. The fraction of sp³-hybridized carbons (Fsp3) is 0.409. The molecule has 1 heterocycles. The van der Waals surface area contributed by atoms with Crippen LogP contribution in [0.25, 0.3) is 0 Å². The zero-order valence-corrected chi connectivity index (χ0v) is 18.0. The number of hydrogen-bond acceptors (Lipinski definition) is 5. The van der Waals surface area contributed by atoms with Crippen LogP contribution < -0.4 is 4.90 Å². The average molecular weight is 417 g/mol. The molecule has 1 aliphatic heterocycles. The van der Waals surface area contributed by atoms with Gasteiger partial charge in [0.2, 0.25) is 0 Å². The molecule has 7 heteroatoms. The maximum absolute atomic E-state index is 13.3. The van der Waals surface area contributed by atoms with E-state index in [-0.39, 0.29) is 16.9 Å². The van der Waals surface area contributed by atoms with Crippen molar-refractivity contribution < 1.29 is 17.9 Å². The van der Waals surface area contributed by atoms with E-state index in [1.54, 1.807) is 17.0 Å². The Morgan fingerprint density at radius 2 is 1.86 bits per heavy atom. The molecule has 1 aliphatic rings. The highest BCUT2D eigenvalue weighted by molar-refractivity contribution is 7.90. The van der Waals surface area contributed by atoms with E-state index < -0.39 is 9.84 Å². The van der Waals surface area contributed by atoms with Gasteiger partial charge in [0.1, 0.15) is 0 Å². The molecule has 0 N–H and O–H groups in total. The minimum absolute atomic E-state index is 0.0121. The molecule has 0 spiro atoms. The van der Waals surface area contributed by atoms with Crippen molar-refractivity contribution in [2.45, 2.75) is 30.4 Å². The summed E-state index contributed by atoms with van der Waals surface area (Å²) in [6.45, 7) is 1.64. The molecule has 1 amide bonds. The Balaban J connectivity index is 1.85. The summed E-state index contributed by atoms with van der Waals surface area (Å²) in [5.41, 5.74) is 2.48. The predicted molar refractivity (Wildman–Crippen MR) is 114 cm³/mol. The van der Waals surface area contributed by atoms with Crippen molar-refractivity contribution in [3.8, 4) is 0 Å². The quantitative estimate of drug-likeness (QED) is 0.694. The number of amides is 1. The lowest BCUT2D eigenvalue weighted by molar-refractivity contribution is 0.0507. The Morgan fingerprint density at radius 1 is 1.14 bits per heavy atom. The topological polar surface area (TPSA) is 66.9 Å². The summed E-state index contributed by atoms with van der Waals surface area (Å²) >= 11 is 0. The second-order valence-corrected chi connectivity index (χ2v) is 9.70. The van der Waals surface area contributed by atoms with Crippen LogP contribution in [0.4, 0.5) is 5.69 Å². The minimum atomic E-state index is -3.38. The second kappa shape index (κ2) is 8.97. The molecule has 0 saturated carbocycles. The zero-order chi connectivity index (χ0) is 21.0. The van der Waals surface area contributed by atoms with E-state index in [1.165, 1.54) is 12.1 Å². The summed E-state index contributed by atoms with van der Waals surface area (Å²) in [7, 11) is 0.588.